The maximum Gasteiger partial charge on any atom is 0.246 e. The lowest BCUT2D eigenvalue weighted by molar-refractivity contribution is -0.129. The Morgan fingerprint density at radius 2 is 2.40 bits per heavy atom. The second kappa shape index (κ2) is 2.98. The summed E-state index contributed by atoms with van der Waals surface area (Å²) < 4.78 is 5.05. The van der Waals surface area contributed by atoms with Crippen LogP contribution in [0.3, 0.4) is 0 Å². The molecule has 2 atom stereocenters. The zero-order valence-electron chi connectivity index (χ0n) is 5.62. The average Bonchev–Trinajstić information content (AvgIpc) is 2.34. The van der Waals surface area contributed by atoms with Crippen LogP contribution in [0, 0.1) is 0 Å². The van der Waals surface area contributed by atoms with Crippen molar-refractivity contribution in [3.63, 3.8) is 0 Å². The van der Waals surface area contributed by atoms with Gasteiger partial charge in [-0.3, -0.25) is 4.79 Å². The van der Waals surface area contributed by atoms with Crippen molar-refractivity contribution in [2.75, 3.05) is 6.61 Å². The third-order valence-corrected chi connectivity index (χ3v) is 1.63. The van der Waals surface area contributed by atoms with E-state index in [9.17, 15) is 4.79 Å². The Kier molecular flexibility index (Phi) is 2.24. The van der Waals surface area contributed by atoms with Gasteiger partial charge >= 0.3 is 0 Å². The number of hydrogen-bond acceptors (Lipinski definition) is 3. The van der Waals surface area contributed by atoms with E-state index >= 15 is 0 Å². The Balaban J connectivity index is 2.35. The Labute approximate surface area is 59.0 Å². The molecule has 1 heterocycles. The van der Waals surface area contributed by atoms with Gasteiger partial charge in [0.05, 0.1) is 12.7 Å². The summed E-state index contributed by atoms with van der Waals surface area (Å²) in [5, 5.41) is 8.59. The number of hydrogen-bond donors (Lipinski definition) is 2. The molecule has 0 aliphatic carbocycles. The summed E-state index contributed by atoms with van der Waals surface area (Å²) in [7, 11) is 0. The first kappa shape index (κ1) is 7.50. The zero-order chi connectivity index (χ0) is 7.56. The fourth-order valence-corrected chi connectivity index (χ4v) is 1.05. The Morgan fingerprint density at radius 3 is 2.70 bits per heavy atom. The lowest BCUT2D eigenvalue weighted by Crippen LogP contribution is -2.29. The molecule has 1 saturated heterocycles. The molecule has 4 heteroatoms. The normalized spacial score (nSPS) is 32.5. The highest BCUT2D eigenvalue weighted by Crippen LogP contribution is 2.18. The highest BCUT2D eigenvalue weighted by Gasteiger charge is 2.28. The minimum Gasteiger partial charge on any atom is -0.394 e. The molecule has 1 unspecified atom stereocenters. The van der Waals surface area contributed by atoms with Crippen LogP contribution in [0.15, 0.2) is 0 Å². The van der Waals surface area contributed by atoms with Gasteiger partial charge < -0.3 is 15.6 Å². The smallest absolute Gasteiger partial charge is 0.246 e. The third kappa shape index (κ3) is 1.46. The zero-order valence-corrected chi connectivity index (χ0v) is 5.62. The van der Waals surface area contributed by atoms with E-state index in [1.807, 2.05) is 0 Å². The van der Waals surface area contributed by atoms with E-state index in [-0.39, 0.29) is 12.7 Å². The summed E-state index contributed by atoms with van der Waals surface area (Å²) in [6.07, 6.45) is 0.708. The van der Waals surface area contributed by atoms with Gasteiger partial charge in [0, 0.05) is 0 Å². The molecule has 0 bridgehead atoms. The van der Waals surface area contributed by atoms with E-state index in [1.165, 1.54) is 0 Å². The molecule has 4 nitrogen and oxygen atoms in total. The molecule has 0 aromatic carbocycles. The molecule has 58 valence electrons. The van der Waals surface area contributed by atoms with Crippen LogP contribution in [-0.4, -0.2) is 29.8 Å². The molecular formula is C6H11NO3. The largest absolute Gasteiger partial charge is 0.394 e. The molecule has 1 aliphatic heterocycles. The summed E-state index contributed by atoms with van der Waals surface area (Å²) in [6.45, 7) is -0.0240. The fraction of sp³-hybridized carbons (Fsp3) is 0.833. The lowest BCUT2D eigenvalue weighted by atomic mass is 10.2. The molecule has 10 heavy (non-hydrogen) atoms. The quantitative estimate of drug-likeness (QED) is 0.524. The molecule has 3 N–H and O–H groups in total. The van der Waals surface area contributed by atoms with Gasteiger partial charge in [0.15, 0.2) is 0 Å². The molecule has 1 fully saturated rings. The number of carbonyl (C=O) groups excluding carboxylic acids is 1. The second-order valence-corrected chi connectivity index (χ2v) is 2.41. The van der Waals surface area contributed by atoms with Gasteiger partial charge in [-0.25, -0.2) is 0 Å². The van der Waals surface area contributed by atoms with Crippen LogP contribution in [0.5, 0.6) is 0 Å². The van der Waals surface area contributed by atoms with Crippen LogP contribution >= 0.6 is 0 Å². The first-order valence-electron chi connectivity index (χ1n) is 3.29. The molecule has 0 radical (unpaired) electrons. The van der Waals surface area contributed by atoms with Crippen molar-refractivity contribution in [3.8, 4) is 0 Å². The number of carbonyl (C=O) groups is 1. The van der Waals surface area contributed by atoms with Crippen LogP contribution in [0.25, 0.3) is 0 Å². The van der Waals surface area contributed by atoms with Gasteiger partial charge in [-0.05, 0) is 12.8 Å². The van der Waals surface area contributed by atoms with E-state index in [2.05, 4.69) is 0 Å². The summed E-state index contributed by atoms with van der Waals surface area (Å²) in [5.74, 6) is -0.434. The second-order valence-electron chi connectivity index (χ2n) is 2.41. The van der Waals surface area contributed by atoms with Crippen molar-refractivity contribution >= 4 is 5.91 Å². The maximum atomic E-state index is 10.5. The Morgan fingerprint density at radius 1 is 1.70 bits per heavy atom. The van der Waals surface area contributed by atoms with E-state index in [1.54, 1.807) is 0 Å². The first-order chi connectivity index (χ1) is 4.74. The molecule has 0 aromatic heterocycles. The van der Waals surface area contributed by atoms with Crippen LogP contribution in [0.2, 0.25) is 0 Å². The van der Waals surface area contributed by atoms with Crippen LogP contribution in [0.1, 0.15) is 12.8 Å². The molecule has 0 saturated carbocycles. The number of primary amides is 1. The summed E-state index contributed by atoms with van der Waals surface area (Å²) in [4.78, 5) is 10.5. The predicted octanol–water partition coefficient (Wildman–Crippen LogP) is -0.988. The standard InChI is InChI=1S/C6H11NO3/c7-6(9)5-2-1-4(3-8)10-5/h4-5,8H,1-3H2,(H2,7,9)/t4?,5-/m0/s1. The van der Waals surface area contributed by atoms with Crippen molar-refractivity contribution in [2.45, 2.75) is 25.0 Å². The molecule has 1 aliphatic rings. The maximum absolute atomic E-state index is 10.5. The van der Waals surface area contributed by atoms with E-state index in [0.29, 0.717) is 6.42 Å². The van der Waals surface area contributed by atoms with Crippen molar-refractivity contribution < 1.29 is 14.6 Å². The number of rotatable bonds is 2. The number of amides is 1. The number of ether oxygens (including phenoxy) is 1. The van der Waals surface area contributed by atoms with E-state index < -0.39 is 12.0 Å². The van der Waals surface area contributed by atoms with Gasteiger partial charge in [-0.1, -0.05) is 0 Å². The molecular weight excluding hydrogens is 134 g/mol. The molecule has 1 rings (SSSR count). The monoisotopic (exact) mass is 145 g/mol. The lowest BCUT2D eigenvalue weighted by Gasteiger charge is -2.06. The predicted molar refractivity (Wildman–Crippen MR) is 34.2 cm³/mol. The summed E-state index contributed by atoms with van der Waals surface area (Å²) >= 11 is 0. The van der Waals surface area contributed by atoms with E-state index in [0.717, 1.165) is 6.42 Å². The fourth-order valence-electron chi connectivity index (χ4n) is 1.05. The minimum absolute atomic E-state index is 0.0240. The average molecular weight is 145 g/mol. The van der Waals surface area contributed by atoms with E-state index in [4.69, 9.17) is 15.6 Å². The van der Waals surface area contributed by atoms with Crippen LogP contribution in [0.4, 0.5) is 0 Å². The van der Waals surface area contributed by atoms with Crippen molar-refractivity contribution in [1.29, 1.82) is 0 Å². The van der Waals surface area contributed by atoms with Gasteiger partial charge in [0.1, 0.15) is 6.10 Å². The van der Waals surface area contributed by atoms with Crippen molar-refractivity contribution in [2.24, 2.45) is 5.73 Å². The van der Waals surface area contributed by atoms with Gasteiger partial charge in [0.25, 0.3) is 0 Å². The summed E-state index contributed by atoms with van der Waals surface area (Å²) in [6, 6.07) is 0. The topological polar surface area (TPSA) is 72.6 Å². The first-order valence-corrected chi connectivity index (χ1v) is 3.29. The molecule has 0 spiro atoms. The number of aliphatic hydroxyl groups excluding tert-OH is 1. The van der Waals surface area contributed by atoms with Crippen molar-refractivity contribution in [3.05, 3.63) is 0 Å². The molecule has 1 amide bonds. The number of nitrogens with two attached hydrogens (primary N) is 1. The minimum atomic E-state index is -0.475. The van der Waals surface area contributed by atoms with Gasteiger partial charge in [-0.2, -0.15) is 0 Å². The highest BCUT2D eigenvalue weighted by molar-refractivity contribution is 5.79. The molecule has 0 aromatic rings. The van der Waals surface area contributed by atoms with Crippen molar-refractivity contribution in [1.82, 2.24) is 0 Å². The SMILES string of the molecule is NC(=O)[C@@H]1CCC(CO)O1. The Hall–Kier alpha value is -0.610. The van der Waals surface area contributed by atoms with Gasteiger partial charge in [-0.15, -0.1) is 0 Å². The summed E-state index contributed by atoms with van der Waals surface area (Å²) in [5.41, 5.74) is 4.97. The Bertz CT molecular complexity index is 137. The highest BCUT2D eigenvalue weighted by atomic mass is 16.5. The van der Waals surface area contributed by atoms with Crippen LogP contribution in [-0.2, 0) is 9.53 Å². The number of aliphatic hydroxyl groups is 1. The van der Waals surface area contributed by atoms with Gasteiger partial charge in [0.2, 0.25) is 5.91 Å². The van der Waals surface area contributed by atoms with Crippen LogP contribution < -0.4 is 5.73 Å². The third-order valence-electron chi connectivity index (χ3n) is 1.63.